The summed E-state index contributed by atoms with van der Waals surface area (Å²) in [6.45, 7) is 2.45. The highest BCUT2D eigenvalue weighted by Gasteiger charge is 2.24. The van der Waals surface area contributed by atoms with Gasteiger partial charge < -0.3 is 15.2 Å². The molecule has 8 heteroatoms. The topological polar surface area (TPSA) is 114 Å². The molecule has 150 valence electrons. The molecule has 0 amide bonds. The second kappa shape index (κ2) is 8.57. The van der Waals surface area contributed by atoms with Crippen molar-refractivity contribution in [2.24, 2.45) is 0 Å². The van der Waals surface area contributed by atoms with Crippen LogP contribution in [0.5, 0.6) is 5.75 Å². The predicted octanol–water partition coefficient (Wildman–Crippen LogP) is 3.11. The van der Waals surface area contributed by atoms with Gasteiger partial charge in [0.1, 0.15) is 18.0 Å². The highest BCUT2D eigenvalue weighted by Crippen LogP contribution is 2.26. The number of rotatable bonds is 8. The Morgan fingerprint density at radius 2 is 2.03 bits per heavy atom. The first-order valence-electron chi connectivity index (χ1n) is 8.96. The average molecular weight is 395 g/mol. The quantitative estimate of drug-likeness (QED) is 0.465. The van der Waals surface area contributed by atoms with Gasteiger partial charge in [0.05, 0.1) is 10.5 Å². The van der Waals surface area contributed by atoms with Crippen molar-refractivity contribution in [2.75, 3.05) is 0 Å². The molecule has 1 aliphatic rings. The molecule has 3 rings (SSSR count). The monoisotopic (exact) mass is 395 g/mol. The molecule has 1 aliphatic heterocycles. The number of nitrogens with zero attached hydrogens (tertiary/aromatic N) is 1. The molecule has 2 aromatic carbocycles. The smallest absolute Gasteiger partial charge is 0.337 e. The minimum Gasteiger partial charge on any atom is -0.489 e. The molecule has 0 saturated carbocycles. The number of benzene rings is 2. The summed E-state index contributed by atoms with van der Waals surface area (Å²) in [5.74, 6) is -0.483. The minimum atomic E-state index is -1.02. The van der Waals surface area contributed by atoms with E-state index in [0.29, 0.717) is 17.9 Å². The Balaban J connectivity index is 1.74. The van der Waals surface area contributed by atoms with E-state index in [-0.39, 0.29) is 17.8 Å². The number of hydrogen-bond acceptors (Lipinski definition) is 6. The fourth-order valence-corrected chi connectivity index (χ4v) is 2.80. The summed E-state index contributed by atoms with van der Waals surface area (Å²) in [5.41, 5.74) is 1.02. The van der Waals surface area contributed by atoms with Crippen molar-refractivity contribution in [3.63, 3.8) is 0 Å². The third-order valence-corrected chi connectivity index (χ3v) is 4.51. The predicted molar refractivity (Wildman–Crippen MR) is 107 cm³/mol. The second-order valence-corrected chi connectivity index (χ2v) is 6.76. The molecule has 0 saturated heterocycles. The van der Waals surface area contributed by atoms with Crippen LogP contribution in [0.2, 0.25) is 0 Å². The van der Waals surface area contributed by atoms with Crippen LogP contribution in [0.1, 0.15) is 18.1 Å². The summed E-state index contributed by atoms with van der Waals surface area (Å²) < 4.78 is 5.89. The van der Waals surface area contributed by atoms with Gasteiger partial charge in [0.25, 0.3) is 5.69 Å². The summed E-state index contributed by atoms with van der Waals surface area (Å²) in [6, 6.07) is 14.1. The van der Waals surface area contributed by atoms with Crippen molar-refractivity contribution in [1.82, 2.24) is 10.6 Å². The second-order valence-electron chi connectivity index (χ2n) is 6.76. The average Bonchev–Trinajstić information content (AvgIpc) is 2.72. The van der Waals surface area contributed by atoms with Gasteiger partial charge in [-0.25, -0.2) is 4.79 Å². The van der Waals surface area contributed by atoms with E-state index in [0.717, 1.165) is 5.56 Å². The first kappa shape index (κ1) is 20.1. The van der Waals surface area contributed by atoms with E-state index < -0.39 is 16.6 Å². The number of dihydropyridines is 1. The van der Waals surface area contributed by atoms with Crippen LogP contribution in [-0.2, 0) is 17.9 Å². The van der Waals surface area contributed by atoms with Crippen LogP contribution >= 0.6 is 0 Å². The number of carboxylic acids is 1. The zero-order valence-electron chi connectivity index (χ0n) is 15.8. The Hall–Kier alpha value is -3.65. The normalized spacial score (nSPS) is 17.9. The number of carboxylic acid groups (broad SMARTS) is 1. The molecule has 1 heterocycles. The van der Waals surface area contributed by atoms with E-state index in [4.69, 9.17) is 9.84 Å². The van der Waals surface area contributed by atoms with Crippen molar-refractivity contribution in [2.45, 2.75) is 25.7 Å². The van der Waals surface area contributed by atoms with E-state index in [2.05, 4.69) is 10.6 Å². The van der Waals surface area contributed by atoms with E-state index in [9.17, 15) is 14.9 Å². The maximum atomic E-state index is 11.2. The molecular weight excluding hydrogens is 374 g/mol. The Labute approximate surface area is 167 Å². The molecule has 0 fully saturated rings. The molecule has 0 aliphatic carbocycles. The fraction of sp³-hybridized carbons (Fsp3) is 0.190. The number of nitrogens with one attached hydrogen (secondary N) is 2. The van der Waals surface area contributed by atoms with Crippen LogP contribution in [0.3, 0.4) is 0 Å². The van der Waals surface area contributed by atoms with Crippen LogP contribution in [-0.4, -0.2) is 21.7 Å². The minimum absolute atomic E-state index is 0.0285. The lowest BCUT2D eigenvalue weighted by Gasteiger charge is -2.31. The lowest BCUT2D eigenvalue weighted by atomic mass is 10.1. The number of ether oxygens (including phenoxy) is 1. The molecule has 0 spiro atoms. The van der Waals surface area contributed by atoms with Gasteiger partial charge >= 0.3 is 5.97 Å². The summed E-state index contributed by atoms with van der Waals surface area (Å²) >= 11 is 0. The Morgan fingerprint density at radius 1 is 1.28 bits per heavy atom. The van der Waals surface area contributed by atoms with Gasteiger partial charge in [-0.3, -0.25) is 15.4 Å². The number of aliphatic carboxylic acids is 1. The Kier molecular flexibility index (Phi) is 5.94. The highest BCUT2D eigenvalue weighted by atomic mass is 16.6. The molecule has 8 nitrogen and oxygen atoms in total. The molecule has 29 heavy (non-hydrogen) atoms. The maximum absolute atomic E-state index is 11.2. The molecule has 2 aromatic rings. The van der Waals surface area contributed by atoms with Gasteiger partial charge in [0.15, 0.2) is 0 Å². The lowest BCUT2D eigenvalue weighted by Crippen LogP contribution is -2.51. The van der Waals surface area contributed by atoms with E-state index in [1.54, 1.807) is 12.1 Å². The van der Waals surface area contributed by atoms with E-state index in [1.807, 2.05) is 37.3 Å². The third kappa shape index (κ3) is 5.20. The molecule has 0 radical (unpaired) electrons. The number of nitro benzene ring substituents is 1. The summed E-state index contributed by atoms with van der Waals surface area (Å²) in [7, 11) is 0. The van der Waals surface area contributed by atoms with Crippen molar-refractivity contribution in [3.8, 4) is 5.75 Å². The van der Waals surface area contributed by atoms with Crippen LogP contribution in [0.25, 0.3) is 0 Å². The molecule has 0 aromatic heterocycles. The SMILES string of the molecule is CC1(NCc2cc([N+](=O)[O-])ccc2OCc2ccccc2)C=CC(C(=O)O)=CN1. The van der Waals surface area contributed by atoms with Gasteiger partial charge in [0, 0.05) is 30.4 Å². The van der Waals surface area contributed by atoms with Gasteiger partial charge in [0.2, 0.25) is 0 Å². The summed E-state index contributed by atoms with van der Waals surface area (Å²) in [4.78, 5) is 21.7. The van der Waals surface area contributed by atoms with E-state index in [1.165, 1.54) is 24.4 Å². The standard InChI is InChI=1S/C21H21N3O5/c1-21(10-9-16(12-22-21)20(25)26)23-13-17-11-18(24(27)28)7-8-19(17)29-14-15-5-3-2-4-6-15/h2-12,22-23H,13-14H2,1H3,(H,25,26). The molecule has 0 bridgehead atoms. The van der Waals surface area contributed by atoms with Crippen LogP contribution < -0.4 is 15.4 Å². The zero-order valence-corrected chi connectivity index (χ0v) is 15.8. The van der Waals surface area contributed by atoms with Gasteiger partial charge in [-0.1, -0.05) is 30.3 Å². The van der Waals surface area contributed by atoms with E-state index >= 15 is 0 Å². The van der Waals surface area contributed by atoms with Crippen molar-refractivity contribution in [1.29, 1.82) is 0 Å². The van der Waals surface area contributed by atoms with Gasteiger partial charge in [-0.2, -0.15) is 0 Å². The van der Waals surface area contributed by atoms with Crippen molar-refractivity contribution in [3.05, 3.63) is 93.7 Å². The number of non-ortho nitro benzene ring substituents is 1. The molecular formula is C21H21N3O5. The highest BCUT2D eigenvalue weighted by molar-refractivity contribution is 5.90. The fourth-order valence-electron chi connectivity index (χ4n) is 2.80. The Bertz CT molecular complexity index is 972. The first-order valence-corrected chi connectivity index (χ1v) is 8.96. The number of carbonyl (C=O) groups is 1. The van der Waals surface area contributed by atoms with Crippen LogP contribution in [0.15, 0.2) is 72.5 Å². The molecule has 1 unspecified atom stereocenters. The Morgan fingerprint density at radius 3 is 2.66 bits per heavy atom. The van der Waals surface area contributed by atoms with Gasteiger partial charge in [-0.15, -0.1) is 0 Å². The number of hydrogen-bond donors (Lipinski definition) is 3. The lowest BCUT2D eigenvalue weighted by molar-refractivity contribution is -0.384. The molecule has 3 N–H and O–H groups in total. The van der Waals surface area contributed by atoms with Crippen molar-refractivity contribution >= 4 is 11.7 Å². The van der Waals surface area contributed by atoms with Gasteiger partial charge in [-0.05, 0) is 30.7 Å². The molecule has 1 atom stereocenters. The largest absolute Gasteiger partial charge is 0.489 e. The maximum Gasteiger partial charge on any atom is 0.337 e. The van der Waals surface area contributed by atoms with Crippen LogP contribution in [0, 0.1) is 10.1 Å². The first-order chi connectivity index (χ1) is 13.9. The van der Waals surface area contributed by atoms with Crippen LogP contribution in [0.4, 0.5) is 5.69 Å². The summed E-state index contributed by atoms with van der Waals surface area (Å²) in [5, 5.41) is 26.4. The summed E-state index contributed by atoms with van der Waals surface area (Å²) in [6.07, 6.45) is 4.61. The zero-order chi connectivity index (χ0) is 20.9. The third-order valence-electron chi connectivity index (χ3n) is 4.51. The number of nitro groups is 1. The van der Waals surface area contributed by atoms with Crippen molar-refractivity contribution < 1.29 is 19.6 Å².